The Kier molecular flexibility index (Phi) is 11.1. The van der Waals surface area contributed by atoms with Gasteiger partial charge in [-0.25, -0.2) is 18.6 Å². The Morgan fingerprint density at radius 3 is 2.73 bits per heavy atom. The third kappa shape index (κ3) is 10.6. The quantitative estimate of drug-likeness (QED) is 0.467. The van der Waals surface area contributed by atoms with Crippen LogP contribution in [0, 0.1) is 6.42 Å². The Morgan fingerprint density at radius 2 is 2.00 bits per heavy atom. The summed E-state index contributed by atoms with van der Waals surface area (Å²) in [5.74, 6) is 0. The second-order valence-electron chi connectivity index (χ2n) is 2.03. The first kappa shape index (κ1) is 11.6. The van der Waals surface area contributed by atoms with E-state index in [2.05, 4.69) is 30.7 Å². The zero-order valence-electron chi connectivity index (χ0n) is 6.10. The fourth-order valence-electron chi connectivity index (χ4n) is 0.767. The standard InChI is InChI=1S/C8H11.2ClH.Rh/c1-2-4-6-8-7-5-3-1;;;/h1-5H,6-8H2;2*1H;/q-1;;;+3/p-2. The maximum absolute atomic E-state index is 4.83. The van der Waals surface area contributed by atoms with Gasteiger partial charge in [0.05, 0.1) is 0 Å². The van der Waals surface area contributed by atoms with Crippen LogP contribution in [0.2, 0.25) is 0 Å². The fourth-order valence-corrected chi connectivity index (χ4v) is 0.767. The second kappa shape index (κ2) is 10.6. The molecule has 1 rings (SSSR count). The summed E-state index contributed by atoms with van der Waals surface area (Å²) in [6.45, 7) is 0. The molecule has 0 aromatic carbocycles. The van der Waals surface area contributed by atoms with Gasteiger partial charge in [0, 0.05) is 0 Å². The van der Waals surface area contributed by atoms with Crippen molar-refractivity contribution >= 4 is 19.4 Å². The molecule has 0 saturated carbocycles. The topological polar surface area (TPSA) is 0 Å². The summed E-state index contributed by atoms with van der Waals surface area (Å²) in [6, 6.07) is 0. The number of allylic oxidation sites excluding steroid dienone is 4. The third-order valence-electron chi connectivity index (χ3n) is 1.24. The molecule has 0 aliphatic heterocycles. The SMILES string of the molecule is C1=C[CH-]CCCC=C1.[Cl][Rh+][Cl]. The molecule has 66 valence electrons. The van der Waals surface area contributed by atoms with E-state index in [1.165, 1.54) is 19.3 Å². The van der Waals surface area contributed by atoms with Crippen molar-refractivity contribution in [3.8, 4) is 0 Å². The van der Waals surface area contributed by atoms with Crippen LogP contribution in [0.25, 0.3) is 0 Å². The van der Waals surface area contributed by atoms with Crippen LogP contribution in [0.1, 0.15) is 19.3 Å². The van der Waals surface area contributed by atoms with Crippen molar-refractivity contribution in [3.05, 3.63) is 30.7 Å². The van der Waals surface area contributed by atoms with Crippen molar-refractivity contribution in [1.29, 1.82) is 0 Å². The number of halogens is 2. The first-order valence-electron chi connectivity index (χ1n) is 3.40. The molecule has 0 aromatic rings. The molecule has 0 amide bonds. The van der Waals surface area contributed by atoms with E-state index in [1.54, 1.807) is 0 Å². The van der Waals surface area contributed by atoms with Gasteiger partial charge in [0.1, 0.15) is 0 Å². The van der Waals surface area contributed by atoms with Crippen LogP contribution in [0.3, 0.4) is 0 Å². The average Bonchev–Trinajstić information content (AvgIpc) is 1.86. The van der Waals surface area contributed by atoms with Crippen molar-refractivity contribution in [3.63, 3.8) is 0 Å². The summed E-state index contributed by atoms with van der Waals surface area (Å²) < 4.78 is 0. The van der Waals surface area contributed by atoms with Gasteiger partial charge < -0.3 is 0 Å². The van der Waals surface area contributed by atoms with Crippen molar-refractivity contribution in [2.45, 2.75) is 19.3 Å². The predicted molar refractivity (Wildman–Crippen MR) is 48.1 cm³/mol. The van der Waals surface area contributed by atoms with Crippen LogP contribution in [-0.4, -0.2) is 0 Å². The van der Waals surface area contributed by atoms with Gasteiger partial charge in [-0.2, -0.15) is 0 Å². The molecular formula is C8H11Cl2Rh. The van der Waals surface area contributed by atoms with E-state index in [-0.39, 0.29) is 15.1 Å². The van der Waals surface area contributed by atoms with Gasteiger partial charge in [-0.3, -0.25) is 0 Å². The molecule has 0 aromatic heterocycles. The minimum atomic E-state index is -0.226. The van der Waals surface area contributed by atoms with Gasteiger partial charge in [0.25, 0.3) is 0 Å². The van der Waals surface area contributed by atoms with Crippen LogP contribution in [0.5, 0.6) is 0 Å². The zero-order valence-corrected chi connectivity index (χ0v) is 9.25. The predicted octanol–water partition coefficient (Wildman–Crippen LogP) is 3.86. The summed E-state index contributed by atoms with van der Waals surface area (Å²) in [5, 5.41) is 0. The molecule has 0 N–H and O–H groups in total. The number of hydrogen-bond donors (Lipinski definition) is 0. The Balaban J connectivity index is 0.000000292. The van der Waals surface area contributed by atoms with Crippen molar-refractivity contribution in [2.75, 3.05) is 0 Å². The van der Waals surface area contributed by atoms with Gasteiger partial charge in [-0.1, -0.05) is 6.42 Å². The van der Waals surface area contributed by atoms with Gasteiger partial charge >= 0.3 is 34.5 Å². The Hall–Kier alpha value is 0.553. The van der Waals surface area contributed by atoms with Crippen LogP contribution in [0.4, 0.5) is 0 Å². The third-order valence-corrected chi connectivity index (χ3v) is 1.24. The van der Waals surface area contributed by atoms with E-state index in [0.29, 0.717) is 0 Å². The monoisotopic (exact) mass is 280 g/mol. The van der Waals surface area contributed by atoms with Crippen molar-refractivity contribution in [1.82, 2.24) is 0 Å². The van der Waals surface area contributed by atoms with Gasteiger partial charge in [0.2, 0.25) is 0 Å². The normalized spacial score (nSPS) is 15.8. The Morgan fingerprint density at radius 1 is 1.27 bits per heavy atom. The molecule has 0 spiro atoms. The van der Waals surface area contributed by atoms with E-state index >= 15 is 0 Å². The molecule has 0 fully saturated rings. The first-order valence-corrected chi connectivity index (χ1v) is 7.62. The zero-order chi connectivity index (χ0) is 8.36. The summed E-state index contributed by atoms with van der Waals surface area (Å²) >= 11 is -0.226. The summed E-state index contributed by atoms with van der Waals surface area (Å²) in [6.07, 6.45) is 14.5. The maximum atomic E-state index is 4.83. The summed E-state index contributed by atoms with van der Waals surface area (Å²) in [7, 11) is 9.67. The van der Waals surface area contributed by atoms with Crippen LogP contribution >= 0.6 is 19.4 Å². The van der Waals surface area contributed by atoms with Gasteiger partial charge in [-0.15, -0.1) is 18.6 Å². The molecule has 0 atom stereocenters. The molecule has 1 aliphatic carbocycles. The molecule has 0 saturated heterocycles. The molecule has 0 nitrogen and oxygen atoms in total. The molecule has 3 heteroatoms. The summed E-state index contributed by atoms with van der Waals surface area (Å²) in [5.41, 5.74) is 0. The molecule has 0 heterocycles. The molecule has 0 unspecified atom stereocenters. The molecular weight excluding hydrogens is 270 g/mol. The van der Waals surface area contributed by atoms with Crippen molar-refractivity contribution < 1.29 is 15.1 Å². The number of rotatable bonds is 0. The van der Waals surface area contributed by atoms with Gasteiger partial charge in [-0.05, 0) is 6.42 Å². The van der Waals surface area contributed by atoms with Crippen LogP contribution < -0.4 is 0 Å². The minimum absolute atomic E-state index is 0.226. The number of hydrogen-bond acceptors (Lipinski definition) is 0. The van der Waals surface area contributed by atoms with Gasteiger partial charge in [0.15, 0.2) is 0 Å². The van der Waals surface area contributed by atoms with Crippen LogP contribution in [-0.2, 0) is 15.1 Å². The Labute approximate surface area is 84.3 Å². The van der Waals surface area contributed by atoms with E-state index in [9.17, 15) is 0 Å². The van der Waals surface area contributed by atoms with Crippen molar-refractivity contribution in [2.24, 2.45) is 0 Å². The average molecular weight is 281 g/mol. The molecule has 1 aliphatic rings. The first-order chi connectivity index (χ1) is 5.41. The molecule has 0 radical (unpaired) electrons. The fraction of sp³-hybridized carbons (Fsp3) is 0.375. The molecule has 0 bridgehead atoms. The van der Waals surface area contributed by atoms with Crippen LogP contribution in [0.15, 0.2) is 24.3 Å². The van der Waals surface area contributed by atoms with E-state index < -0.39 is 0 Å². The second-order valence-corrected chi connectivity index (χ2v) is 4.52. The molecule has 11 heavy (non-hydrogen) atoms. The van der Waals surface area contributed by atoms with E-state index in [1.807, 2.05) is 0 Å². The van der Waals surface area contributed by atoms with E-state index in [4.69, 9.17) is 19.4 Å². The Bertz CT molecular complexity index is 107. The van der Waals surface area contributed by atoms with E-state index in [0.717, 1.165) is 0 Å². The summed E-state index contributed by atoms with van der Waals surface area (Å²) in [4.78, 5) is 0.